The molecule has 8 aromatic carbocycles. The zero-order valence-corrected chi connectivity index (χ0v) is 28.5. The highest BCUT2D eigenvalue weighted by molar-refractivity contribution is 7.26. The second-order valence-electron chi connectivity index (χ2n) is 12.9. The summed E-state index contributed by atoms with van der Waals surface area (Å²) in [5, 5.41) is 4.75. The summed E-state index contributed by atoms with van der Waals surface area (Å²) in [6.45, 7) is 0. The number of thiophene rings is 1. The van der Waals surface area contributed by atoms with Crippen molar-refractivity contribution >= 4 is 70.5 Å². The summed E-state index contributed by atoms with van der Waals surface area (Å²) in [5.74, 6) is 0. The number of para-hydroxylation sites is 2. The lowest BCUT2D eigenvalue weighted by molar-refractivity contribution is 0.669. The molecule has 0 spiro atoms. The van der Waals surface area contributed by atoms with E-state index in [0.717, 1.165) is 50.1 Å². The Hall–Kier alpha value is -6.42. The van der Waals surface area contributed by atoms with Crippen LogP contribution in [-0.2, 0) is 0 Å². The predicted molar refractivity (Wildman–Crippen MR) is 218 cm³/mol. The maximum atomic E-state index is 6.76. The molecular weight excluding hydrogens is 639 g/mol. The van der Waals surface area contributed by atoms with Gasteiger partial charge in [-0.1, -0.05) is 146 Å². The second-order valence-corrected chi connectivity index (χ2v) is 13.9. The minimum atomic E-state index is 0.867. The van der Waals surface area contributed by atoms with Crippen LogP contribution < -0.4 is 4.90 Å². The zero-order valence-electron chi connectivity index (χ0n) is 27.7. The smallest absolute Gasteiger partial charge is 0.159 e. The Kier molecular flexibility index (Phi) is 7.04. The van der Waals surface area contributed by atoms with Gasteiger partial charge in [0, 0.05) is 31.9 Å². The standard InChI is InChI=1S/C48H31NOS/c1-4-15-32(16-5-1)35-29-36(33-17-6-2-7-18-33)31-37(30-35)49(42-24-14-23-40-39-21-10-12-25-44(39)50-47(40)42)43-28-27-38(34-19-8-3-9-20-34)46-41-22-11-13-26-45(41)51-48(43)46/h1-31H. The van der Waals surface area contributed by atoms with Gasteiger partial charge in [-0.25, -0.2) is 0 Å². The van der Waals surface area contributed by atoms with Gasteiger partial charge >= 0.3 is 0 Å². The summed E-state index contributed by atoms with van der Waals surface area (Å²) >= 11 is 1.85. The average molecular weight is 670 g/mol. The van der Waals surface area contributed by atoms with Crippen molar-refractivity contribution in [3.05, 3.63) is 188 Å². The van der Waals surface area contributed by atoms with Crippen LogP contribution in [0.15, 0.2) is 192 Å². The molecule has 51 heavy (non-hydrogen) atoms. The summed E-state index contributed by atoms with van der Waals surface area (Å²) in [6, 6.07) is 67.4. The van der Waals surface area contributed by atoms with E-state index in [1.54, 1.807) is 0 Å². The molecule has 10 aromatic rings. The topological polar surface area (TPSA) is 16.4 Å². The number of hydrogen-bond donors (Lipinski definition) is 0. The van der Waals surface area contributed by atoms with Gasteiger partial charge in [-0.05, 0) is 75.8 Å². The number of nitrogens with zero attached hydrogens (tertiary/aromatic N) is 1. The van der Waals surface area contributed by atoms with Crippen molar-refractivity contribution in [1.82, 2.24) is 0 Å². The van der Waals surface area contributed by atoms with Crippen molar-refractivity contribution in [2.24, 2.45) is 0 Å². The number of benzene rings is 8. The number of hydrogen-bond acceptors (Lipinski definition) is 3. The Morgan fingerprint density at radius 1 is 0.412 bits per heavy atom. The lowest BCUT2D eigenvalue weighted by atomic mass is 9.96. The van der Waals surface area contributed by atoms with Crippen LogP contribution in [0.5, 0.6) is 0 Å². The van der Waals surface area contributed by atoms with Crippen LogP contribution in [0.1, 0.15) is 0 Å². The van der Waals surface area contributed by atoms with Gasteiger partial charge in [-0.3, -0.25) is 0 Å². The molecule has 0 aliphatic rings. The van der Waals surface area contributed by atoms with Crippen LogP contribution in [-0.4, -0.2) is 0 Å². The fourth-order valence-corrected chi connectivity index (χ4v) is 8.73. The van der Waals surface area contributed by atoms with Crippen molar-refractivity contribution in [1.29, 1.82) is 0 Å². The van der Waals surface area contributed by atoms with E-state index in [1.165, 1.54) is 42.4 Å². The average Bonchev–Trinajstić information content (AvgIpc) is 3.79. The minimum Gasteiger partial charge on any atom is -0.454 e. The van der Waals surface area contributed by atoms with E-state index in [1.807, 2.05) is 17.4 Å². The van der Waals surface area contributed by atoms with Crippen molar-refractivity contribution in [2.75, 3.05) is 4.90 Å². The molecule has 0 N–H and O–H groups in total. The normalized spacial score (nSPS) is 11.5. The van der Waals surface area contributed by atoms with Crippen molar-refractivity contribution in [3.8, 4) is 33.4 Å². The maximum Gasteiger partial charge on any atom is 0.159 e. The molecule has 0 aliphatic carbocycles. The molecule has 0 unspecified atom stereocenters. The van der Waals surface area contributed by atoms with Gasteiger partial charge in [0.15, 0.2) is 5.58 Å². The highest BCUT2D eigenvalue weighted by Crippen LogP contribution is 2.50. The van der Waals surface area contributed by atoms with E-state index in [2.05, 4.69) is 187 Å². The molecule has 0 atom stereocenters. The van der Waals surface area contributed by atoms with E-state index in [4.69, 9.17) is 4.42 Å². The van der Waals surface area contributed by atoms with Crippen molar-refractivity contribution in [2.45, 2.75) is 0 Å². The lowest BCUT2D eigenvalue weighted by Gasteiger charge is -2.28. The summed E-state index contributed by atoms with van der Waals surface area (Å²) in [6.07, 6.45) is 0. The minimum absolute atomic E-state index is 0.867. The quantitative estimate of drug-likeness (QED) is 0.175. The van der Waals surface area contributed by atoms with Crippen LogP contribution in [0.2, 0.25) is 0 Å². The molecule has 2 nitrogen and oxygen atoms in total. The Morgan fingerprint density at radius 3 is 1.71 bits per heavy atom. The predicted octanol–water partition coefficient (Wildman–Crippen LogP) is 14.4. The van der Waals surface area contributed by atoms with Gasteiger partial charge in [0.2, 0.25) is 0 Å². The van der Waals surface area contributed by atoms with Gasteiger partial charge in [-0.15, -0.1) is 11.3 Å². The second kappa shape index (κ2) is 12.2. The van der Waals surface area contributed by atoms with Gasteiger partial charge in [0.05, 0.1) is 16.1 Å². The first kappa shape index (κ1) is 29.5. The van der Waals surface area contributed by atoms with E-state index in [0.29, 0.717) is 0 Å². The fourth-order valence-electron chi connectivity index (χ4n) is 7.50. The highest BCUT2D eigenvalue weighted by Gasteiger charge is 2.25. The van der Waals surface area contributed by atoms with E-state index < -0.39 is 0 Å². The van der Waals surface area contributed by atoms with Crippen molar-refractivity contribution < 1.29 is 4.42 Å². The van der Waals surface area contributed by atoms with Crippen LogP contribution in [0, 0.1) is 0 Å². The van der Waals surface area contributed by atoms with E-state index in [9.17, 15) is 0 Å². The highest BCUT2D eigenvalue weighted by atomic mass is 32.1. The lowest BCUT2D eigenvalue weighted by Crippen LogP contribution is -2.11. The molecule has 0 aliphatic heterocycles. The van der Waals surface area contributed by atoms with Crippen LogP contribution >= 0.6 is 11.3 Å². The SMILES string of the molecule is c1ccc(-c2cc(-c3ccccc3)cc(N(c3cccc4c3oc3ccccc34)c3ccc(-c4ccccc4)c4c3sc3ccccc34)c2)cc1. The Labute approximate surface area is 300 Å². The van der Waals surface area contributed by atoms with Gasteiger partial charge in [0.25, 0.3) is 0 Å². The Balaban J connectivity index is 1.33. The van der Waals surface area contributed by atoms with Crippen LogP contribution in [0.3, 0.4) is 0 Å². The van der Waals surface area contributed by atoms with Crippen LogP contribution in [0.4, 0.5) is 17.1 Å². The Bertz CT molecular complexity index is 2790. The molecule has 0 amide bonds. The molecule has 0 fully saturated rings. The molecule has 2 heterocycles. The molecule has 0 saturated heterocycles. The van der Waals surface area contributed by atoms with Gasteiger partial charge in [0.1, 0.15) is 5.58 Å². The zero-order chi connectivity index (χ0) is 33.7. The molecule has 10 rings (SSSR count). The summed E-state index contributed by atoms with van der Waals surface area (Å²) in [5.41, 5.74) is 12.0. The number of furan rings is 1. The first-order valence-corrected chi connectivity index (χ1v) is 18.1. The van der Waals surface area contributed by atoms with Gasteiger partial charge in [-0.2, -0.15) is 0 Å². The van der Waals surface area contributed by atoms with Crippen molar-refractivity contribution in [3.63, 3.8) is 0 Å². The Morgan fingerprint density at radius 2 is 1.00 bits per heavy atom. The molecule has 0 radical (unpaired) electrons. The molecule has 0 bridgehead atoms. The summed E-state index contributed by atoms with van der Waals surface area (Å²) < 4.78 is 9.26. The number of fused-ring (bicyclic) bond motifs is 6. The first-order chi connectivity index (χ1) is 25.3. The van der Waals surface area contributed by atoms with Gasteiger partial charge < -0.3 is 9.32 Å². The third-order valence-electron chi connectivity index (χ3n) is 9.85. The molecule has 240 valence electrons. The van der Waals surface area contributed by atoms with E-state index >= 15 is 0 Å². The monoisotopic (exact) mass is 669 g/mol. The third-order valence-corrected chi connectivity index (χ3v) is 11.0. The van der Waals surface area contributed by atoms with E-state index in [-0.39, 0.29) is 0 Å². The maximum absolute atomic E-state index is 6.76. The molecule has 2 aromatic heterocycles. The largest absolute Gasteiger partial charge is 0.454 e. The fraction of sp³-hybridized carbons (Fsp3) is 0. The third kappa shape index (κ3) is 5.01. The molecule has 0 saturated carbocycles. The summed E-state index contributed by atoms with van der Waals surface area (Å²) in [7, 11) is 0. The summed E-state index contributed by atoms with van der Waals surface area (Å²) in [4.78, 5) is 2.43. The molecular formula is C48H31NOS. The number of anilines is 3. The molecule has 3 heteroatoms. The van der Waals surface area contributed by atoms with Crippen LogP contribution in [0.25, 0.3) is 75.5 Å². The first-order valence-electron chi connectivity index (χ1n) is 17.3. The number of rotatable bonds is 6.